The molecule has 0 bridgehead atoms. The van der Waals surface area contributed by atoms with E-state index in [9.17, 15) is 14.4 Å². The van der Waals surface area contributed by atoms with Crippen molar-refractivity contribution in [2.45, 2.75) is 25.3 Å². The van der Waals surface area contributed by atoms with Gasteiger partial charge in [0.2, 0.25) is 0 Å². The van der Waals surface area contributed by atoms with Crippen molar-refractivity contribution < 1.29 is 24.6 Å². The summed E-state index contributed by atoms with van der Waals surface area (Å²) in [5, 5.41) is 19.6. The first-order chi connectivity index (χ1) is 8.93. The van der Waals surface area contributed by atoms with Crippen LogP contribution in [0.2, 0.25) is 0 Å². The molecule has 1 atom stereocenters. The van der Waals surface area contributed by atoms with Gasteiger partial charge in [0.15, 0.2) is 0 Å². The third-order valence-corrected chi connectivity index (χ3v) is 2.07. The number of amides is 2. The molecule has 0 aromatic heterocycles. The lowest BCUT2D eigenvalue weighted by Gasteiger charge is -2.15. The molecule has 0 radical (unpaired) electrons. The van der Waals surface area contributed by atoms with Crippen molar-refractivity contribution in [2.75, 3.05) is 13.1 Å². The lowest BCUT2D eigenvalue weighted by atomic mass is 10.1. The molecule has 0 fully saturated rings. The summed E-state index contributed by atoms with van der Waals surface area (Å²) in [4.78, 5) is 31.5. The van der Waals surface area contributed by atoms with Gasteiger partial charge in [0, 0.05) is 13.1 Å². The Balaban J connectivity index is 3.71. The van der Waals surface area contributed by atoms with Crippen LogP contribution in [0.4, 0.5) is 4.79 Å². The second kappa shape index (κ2) is 10.1. The van der Waals surface area contributed by atoms with Gasteiger partial charge in [-0.15, -0.1) is 0 Å². The lowest BCUT2D eigenvalue weighted by Crippen LogP contribution is -2.52. The van der Waals surface area contributed by atoms with Gasteiger partial charge in [0.1, 0.15) is 6.04 Å². The molecule has 0 aliphatic heterocycles. The number of aliphatic carboxylic acids is 2. The Bertz CT molecular complexity index is 311. The number of hydrazine groups is 2. The Kier molecular flexibility index (Phi) is 9.04. The van der Waals surface area contributed by atoms with Crippen LogP contribution in [0.5, 0.6) is 0 Å². The summed E-state index contributed by atoms with van der Waals surface area (Å²) in [6.45, 7) is 0.436. The SMILES string of the molecule is NC(=O)NCCC[C@H](NNNCCC(=O)O)C(=O)O. The van der Waals surface area contributed by atoms with Gasteiger partial charge in [-0.1, -0.05) is 0 Å². The molecule has 0 saturated carbocycles. The number of rotatable bonds is 11. The highest BCUT2D eigenvalue weighted by molar-refractivity contribution is 5.73. The van der Waals surface area contributed by atoms with Gasteiger partial charge < -0.3 is 21.3 Å². The Labute approximate surface area is 109 Å². The van der Waals surface area contributed by atoms with E-state index in [1.54, 1.807) is 0 Å². The molecule has 2 amide bonds. The number of carbonyl (C=O) groups is 3. The van der Waals surface area contributed by atoms with Crippen molar-refractivity contribution in [3.05, 3.63) is 0 Å². The molecule has 0 saturated heterocycles. The van der Waals surface area contributed by atoms with Gasteiger partial charge in [0.25, 0.3) is 0 Å². The number of carbonyl (C=O) groups excluding carboxylic acids is 1. The highest BCUT2D eigenvalue weighted by Crippen LogP contribution is 1.95. The van der Waals surface area contributed by atoms with Crippen molar-refractivity contribution in [3.8, 4) is 0 Å². The zero-order valence-electron chi connectivity index (χ0n) is 10.3. The number of carboxylic acids is 2. The van der Waals surface area contributed by atoms with Gasteiger partial charge in [-0.3, -0.25) is 9.59 Å². The predicted molar refractivity (Wildman–Crippen MR) is 64.8 cm³/mol. The summed E-state index contributed by atoms with van der Waals surface area (Å²) >= 11 is 0. The Morgan fingerprint density at radius 2 is 1.84 bits per heavy atom. The molecular weight excluding hydrogens is 258 g/mol. The van der Waals surface area contributed by atoms with E-state index in [0.29, 0.717) is 6.42 Å². The van der Waals surface area contributed by atoms with Gasteiger partial charge in [-0.2, -0.15) is 5.53 Å². The zero-order valence-corrected chi connectivity index (χ0v) is 10.3. The molecule has 0 spiro atoms. The first-order valence-corrected chi connectivity index (χ1v) is 5.64. The van der Waals surface area contributed by atoms with E-state index < -0.39 is 24.0 Å². The first-order valence-electron chi connectivity index (χ1n) is 5.64. The standard InChI is InChI=1S/C9H19N5O5/c10-9(19)11-4-1-2-6(8(17)18)13-14-12-5-3-7(15)16/h6,12-14H,1-5H2,(H,15,16)(H,17,18)(H3,10,11,19)/t6-/m0/s1. The van der Waals surface area contributed by atoms with Crippen LogP contribution >= 0.6 is 0 Å². The highest BCUT2D eigenvalue weighted by atomic mass is 16.4. The monoisotopic (exact) mass is 277 g/mol. The van der Waals surface area contributed by atoms with Crippen LogP contribution in [0.25, 0.3) is 0 Å². The number of carboxylic acid groups (broad SMARTS) is 2. The van der Waals surface area contributed by atoms with Gasteiger partial charge in [-0.25, -0.2) is 15.6 Å². The topological polar surface area (TPSA) is 166 Å². The van der Waals surface area contributed by atoms with Gasteiger partial charge in [-0.05, 0) is 12.8 Å². The van der Waals surface area contributed by atoms with Crippen LogP contribution in [0.15, 0.2) is 0 Å². The fourth-order valence-electron chi connectivity index (χ4n) is 1.15. The summed E-state index contributed by atoms with van der Waals surface area (Å²) in [5.41, 5.74) is 12.3. The highest BCUT2D eigenvalue weighted by Gasteiger charge is 2.15. The summed E-state index contributed by atoms with van der Waals surface area (Å²) < 4.78 is 0. The molecule has 0 aliphatic carbocycles. The molecule has 0 aromatic carbocycles. The quantitative estimate of drug-likeness (QED) is 0.167. The van der Waals surface area contributed by atoms with Crippen molar-refractivity contribution in [3.63, 3.8) is 0 Å². The zero-order chi connectivity index (χ0) is 14.7. The number of urea groups is 1. The van der Waals surface area contributed by atoms with Crippen LogP contribution < -0.4 is 27.4 Å². The number of primary amides is 1. The van der Waals surface area contributed by atoms with Gasteiger partial charge in [0.05, 0.1) is 6.42 Å². The van der Waals surface area contributed by atoms with E-state index in [1.807, 2.05) is 0 Å². The fraction of sp³-hybridized carbons (Fsp3) is 0.667. The number of nitrogens with two attached hydrogens (primary N) is 1. The average Bonchev–Trinajstić information content (AvgIpc) is 2.30. The molecule has 110 valence electrons. The molecule has 0 aliphatic rings. The van der Waals surface area contributed by atoms with Crippen LogP contribution in [0, 0.1) is 0 Å². The second-order valence-electron chi connectivity index (χ2n) is 3.66. The Morgan fingerprint density at radius 1 is 1.16 bits per heavy atom. The normalized spacial score (nSPS) is 11.8. The molecule has 0 rings (SSSR count). The van der Waals surface area contributed by atoms with E-state index in [-0.39, 0.29) is 25.9 Å². The Morgan fingerprint density at radius 3 is 2.37 bits per heavy atom. The second-order valence-corrected chi connectivity index (χ2v) is 3.66. The summed E-state index contributed by atoms with van der Waals surface area (Å²) in [5.74, 6) is -2.02. The summed E-state index contributed by atoms with van der Waals surface area (Å²) in [6.07, 6.45) is 0.613. The van der Waals surface area contributed by atoms with Crippen LogP contribution in [0.3, 0.4) is 0 Å². The maximum atomic E-state index is 10.9. The molecule has 0 unspecified atom stereocenters. The minimum Gasteiger partial charge on any atom is -0.481 e. The predicted octanol–water partition coefficient (Wildman–Crippen LogP) is -2.04. The third-order valence-electron chi connectivity index (χ3n) is 2.07. The maximum Gasteiger partial charge on any atom is 0.322 e. The van der Waals surface area contributed by atoms with Crippen molar-refractivity contribution in [2.24, 2.45) is 5.73 Å². The van der Waals surface area contributed by atoms with Crippen molar-refractivity contribution >= 4 is 18.0 Å². The van der Waals surface area contributed by atoms with E-state index >= 15 is 0 Å². The number of nitrogens with one attached hydrogen (secondary N) is 4. The minimum absolute atomic E-state index is 0.0883. The molecule has 10 nitrogen and oxygen atoms in total. The van der Waals surface area contributed by atoms with Gasteiger partial charge >= 0.3 is 18.0 Å². The summed E-state index contributed by atoms with van der Waals surface area (Å²) in [7, 11) is 0. The van der Waals surface area contributed by atoms with Crippen LogP contribution in [0.1, 0.15) is 19.3 Å². The third kappa shape index (κ3) is 10.9. The smallest absolute Gasteiger partial charge is 0.322 e. The van der Waals surface area contributed by atoms with E-state index in [4.69, 9.17) is 15.9 Å². The molecular formula is C9H19N5O5. The molecule has 8 N–H and O–H groups in total. The molecule has 0 heterocycles. The largest absolute Gasteiger partial charge is 0.481 e. The van der Waals surface area contributed by atoms with E-state index in [0.717, 1.165) is 0 Å². The van der Waals surface area contributed by atoms with Crippen LogP contribution in [-0.2, 0) is 9.59 Å². The fourth-order valence-corrected chi connectivity index (χ4v) is 1.15. The van der Waals surface area contributed by atoms with Crippen LogP contribution in [-0.4, -0.2) is 47.3 Å². The molecule has 0 aromatic rings. The minimum atomic E-state index is -1.06. The van der Waals surface area contributed by atoms with Crippen molar-refractivity contribution in [1.82, 2.24) is 21.7 Å². The van der Waals surface area contributed by atoms with Crippen molar-refractivity contribution in [1.29, 1.82) is 0 Å². The number of hydrogen-bond donors (Lipinski definition) is 7. The summed E-state index contributed by atoms with van der Waals surface area (Å²) in [6, 6.07) is -1.53. The Hall–Kier alpha value is -1.91. The first kappa shape index (κ1) is 17.1. The molecule has 10 heteroatoms. The molecule has 19 heavy (non-hydrogen) atoms. The average molecular weight is 277 g/mol. The van der Waals surface area contributed by atoms with E-state index in [1.165, 1.54) is 0 Å². The lowest BCUT2D eigenvalue weighted by molar-refractivity contribution is -0.140. The van der Waals surface area contributed by atoms with E-state index in [2.05, 4.69) is 21.7 Å². The maximum absolute atomic E-state index is 10.9. The number of hydrogen-bond acceptors (Lipinski definition) is 6.